The van der Waals surface area contributed by atoms with Gasteiger partial charge in [0.05, 0.1) is 35.3 Å². The van der Waals surface area contributed by atoms with Gasteiger partial charge in [-0.2, -0.15) is 4.31 Å². The van der Waals surface area contributed by atoms with Crippen molar-refractivity contribution in [1.82, 2.24) is 9.21 Å². The number of hydrogen-bond donors (Lipinski definition) is 2. The predicted octanol–water partition coefficient (Wildman–Crippen LogP) is 5.63. The largest absolute Gasteiger partial charge is 0.490 e. The van der Waals surface area contributed by atoms with E-state index in [0.29, 0.717) is 23.6 Å². The average molecular weight is 672 g/mol. The summed E-state index contributed by atoms with van der Waals surface area (Å²) in [6.07, 6.45) is 6.57. The lowest BCUT2D eigenvalue weighted by atomic mass is 9.88. The summed E-state index contributed by atoms with van der Waals surface area (Å²) < 4.78 is 40.9. The van der Waals surface area contributed by atoms with Crippen LogP contribution >= 0.6 is 0 Å². The highest BCUT2D eigenvalue weighted by Crippen LogP contribution is 2.30. The van der Waals surface area contributed by atoms with E-state index in [4.69, 9.17) is 9.47 Å². The molecule has 0 spiro atoms. The number of nitrogens with zero attached hydrogens (tertiary/aromatic N) is 2. The molecule has 4 rings (SSSR count). The van der Waals surface area contributed by atoms with E-state index >= 15 is 0 Å². The van der Waals surface area contributed by atoms with Crippen molar-refractivity contribution in [3.63, 3.8) is 0 Å². The zero-order valence-corrected chi connectivity index (χ0v) is 29.4. The van der Waals surface area contributed by atoms with Gasteiger partial charge in [0.15, 0.2) is 0 Å². The van der Waals surface area contributed by atoms with E-state index < -0.39 is 22.2 Å². The van der Waals surface area contributed by atoms with Crippen molar-refractivity contribution in [3.05, 3.63) is 53.6 Å². The Morgan fingerprint density at radius 3 is 2.40 bits per heavy atom. The summed E-state index contributed by atoms with van der Waals surface area (Å²) in [5, 5.41) is 13.3. The van der Waals surface area contributed by atoms with Crippen LogP contribution in [-0.4, -0.2) is 86.1 Å². The van der Waals surface area contributed by atoms with Gasteiger partial charge in [-0.25, -0.2) is 8.42 Å². The third-order valence-corrected chi connectivity index (χ3v) is 11.3. The summed E-state index contributed by atoms with van der Waals surface area (Å²) in [5.41, 5.74) is 1.80. The van der Waals surface area contributed by atoms with Crippen molar-refractivity contribution in [2.45, 2.75) is 102 Å². The van der Waals surface area contributed by atoms with E-state index in [0.717, 1.165) is 56.9 Å². The van der Waals surface area contributed by atoms with Crippen LogP contribution in [0.1, 0.15) is 88.1 Å². The molecule has 47 heavy (non-hydrogen) atoms. The van der Waals surface area contributed by atoms with E-state index in [1.54, 1.807) is 61.3 Å². The van der Waals surface area contributed by atoms with Crippen LogP contribution in [0.25, 0.3) is 0 Å². The Kier molecular flexibility index (Phi) is 13.2. The Balaban J connectivity index is 1.62. The second kappa shape index (κ2) is 16.9. The van der Waals surface area contributed by atoms with Gasteiger partial charge in [0.1, 0.15) is 5.75 Å². The maximum atomic E-state index is 14.4. The summed E-state index contributed by atoms with van der Waals surface area (Å²) >= 11 is 0. The molecule has 1 aliphatic heterocycles. The third kappa shape index (κ3) is 9.78. The fourth-order valence-electron chi connectivity index (χ4n) is 6.31. The number of aryl methyl sites for hydroxylation is 1. The molecule has 0 unspecified atom stereocenters. The Hall–Kier alpha value is -2.99. The number of hydrogen-bond acceptors (Lipinski definition) is 7. The van der Waals surface area contributed by atoms with Gasteiger partial charge < -0.3 is 24.8 Å². The molecule has 260 valence electrons. The van der Waals surface area contributed by atoms with Gasteiger partial charge in [0, 0.05) is 44.3 Å². The Morgan fingerprint density at radius 1 is 1.04 bits per heavy atom. The number of benzene rings is 2. The first-order valence-corrected chi connectivity index (χ1v) is 18.5. The number of likely N-dealkylation sites (N-methyl/N-ethyl adjacent to an activating group) is 1. The van der Waals surface area contributed by atoms with Gasteiger partial charge in [-0.05, 0) is 83.2 Å². The smallest absolute Gasteiger partial charge is 0.258 e. The molecule has 11 heteroatoms. The molecule has 0 bridgehead atoms. The highest BCUT2D eigenvalue weighted by molar-refractivity contribution is 7.89. The molecule has 0 radical (unpaired) electrons. The number of ether oxygens (including phenoxy) is 2. The molecular weight excluding hydrogens is 618 g/mol. The normalized spacial score (nSPS) is 23.0. The third-order valence-electron chi connectivity index (χ3n) is 9.46. The van der Waals surface area contributed by atoms with Crippen molar-refractivity contribution in [2.75, 3.05) is 38.7 Å². The summed E-state index contributed by atoms with van der Waals surface area (Å²) in [6, 6.07) is 11.4. The first-order chi connectivity index (χ1) is 22.4. The van der Waals surface area contributed by atoms with Crippen molar-refractivity contribution in [1.29, 1.82) is 0 Å². The molecule has 0 aromatic heterocycles. The molecule has 1 aliphatic carbocycles. The number of anilines is 1. The summed E-state index contributed by atoms with van der Waals surface area (Å²) in [4.78, 5) is 29.3. The van der Waals surface area contributed by atoms with Crippen LogP contribution < -0.4 is 10.1 Å². The fourth-order valence-corrected chi connectivity index (χ4v) is 7.50. The highest BCUT2D eigenvalue weighted by atomic mass is 32.2. The van der Waals surface area contributed by atoms with Crippen LogP contribution in [0.3, 0.4) is 0 Å². The first kappa shape index (κ1) is 36.8. The fraction of sp³-hybridized carbons (Fsp3) is 0.611. The second-order valence-electron chi connectivity index (χ2n) is 13.4. The van der Waals surface area contributed by atoms with Crippen molar-refractivity contribution in [3.8, 4) is 5.75 Å². The maximum Gasteiger partial charge on any atom is 0.258 e. The van der Waals surface area contributed by atoms with Gasteiger partial charge in [0.25, 0.3) is 5.91 Å². The summed E-state index contributed by atoms with van der Waals surface area (Å²) in [7, 11) is -2.22. The predicted molar refractivity (Wildman–Crippen MR) is 183 cm³/mol. The van der Waals surface area contributed by atoms with Gasteiger partial charge in [-0.1, -0.05) is 43.9 Å². The molecule has 1 heterocycles. The number of fused-ring (bicyclic) bond motifs is 1. The molecule has 2 aromatic carbocycles. The lowest BCUT2D eigenvalue weighted by Gasteiger charge is -2.35. The minimum absolute atomic E-state index is 0.0359. The Bertz CT molecular complexity index is 1440. The second-order valence-corrected chi connectivity index (χ2v) is 15.5. The molecule has 2 aliphatic rings. The van der Waals surface area contributed by atoms with E-state index in [-0.39, 0.29) is 54.3 Å². The SMILES string of the molecule is Cc1ccc(S(=O)(=O)N(C)C[C@H]2OCCCC[C@H](C)Oc3ccc(NC(=O)C4CCCCC4)cc3C(=O)N([C@@H](C)CO)C[C@H]2C)cc1. The zero-order valence-electron chi connectivity index (χ0n) is 28.6. The average Bonchev–Trinajstić information content (AvgIpc) is 3.06. The molecule has 2 aromatic rings. The van der Waals surface area contributed by atoms with Crippen LogP contribution in [0.2, 0.25) is 0 Å². The monoisotopic (exact) mass is 671 g/mol. The number of amides is 2. The first-order valence-electron chi connectivity index (χ1n) is 17.1. The van der Waals surface area contributed by atoms with Gasteiger partial charge >= 0.3 is 0 Å². The Morgan fingerprint density at radius 2 is 1.72 bits per heavy atom. The molecule has 0 saturated heterocycles. The van der Waals surface area contributed by atoms with Crippen LogP contribution in [-0.2, 0) is 19.6 Å². The summed E-state index contributed by atoms with van der Waals surface area (Å²) in [5.74, 6) is -0.281. The molecule has 1 fully saturated rings. The lowest BCUT2D eigenvalue weighted by Crippen LogP contribution is -2.48. The summed E-state index contributed by atoms with van der Waals surface area (Å²) in [6.45, 7) is 8.05. The maximum absolute atomic E-state index is 14.4. The van der Waals surface area contributed by atoms with Crippen molar-refractivity contribution in [2.24, 2.45) is 11.8 Å². The number of carbonyl (C=O) groups is 2. The number of carbonyl (C=O) groups excluding carboxylic acids is 2. The van der Waals surface area contributed by atoms with Gasteiger partial charge in [-0.15, -0.1) is 0 Å². The van der Waals surface area contributed by atoms with Gasteiger partial charge in [0.2, 0.25) is 15.9 Å². The number of sulfonamides is 1. The van der Waals surface area contributed by atoms with Crippen LogP contribution in [0, 0.1) is 18.8 Å². The molecule has 1 saturated carbocycles. The van der Waals surface area contributed by atoms with Gasteiger partial charge in [-0.3, -0.25) is 9.59 Å². The molecular formula is C36H53N3O7S. The quantitative estimate of drug-likeness (QED) is 0.373. The minimum atomic E-state index is -3.77. The topological polar surface area (TPSA) is 125 Å². The lowest BCUT2D eigenvalue weighted by molar-refractivity contribution is -0.120. The van der Waals surface area contributed by atoms with Crippen molar-refractivity contribution < 1.29 is 32.6 Å². The number of aliphatic hydroxyl groups is 1. The molecule has 10 nitrogen and oxygen atoms in total. The van der Waals surface area contributed by atoms with E-state index in [2.05, 4.69) is 5.32 Å². The van der Waals surface area contributed by atoms with E-state index in [1.165, 1.54) is 4.31 Å². The Labute approximate surface area is 280 Å². The van der Waals surface area contributed by atoms with Crippen LogP contribution in [0.5, 0.6) is 5.75 Å². The number of aliphatic hydroxyl groups excluding tert-OH is 1. The minimum Gasteiger partial charge on any atom is -0.490 e. The van der Waals surface area contributed by atoms with Crippen molar-refractivity contribution >= 4 is 27.5 Å². The number of rotatable bonds is 8. The molecule has 2 amide bonds. The highest BCUT2D eigenvalue weighted by Gasteiger charge is 2.32. The standard InChI is InChI=1S/C36H53N3O7S/c1-25-14-17-31(18-15-25)47(43,44)38(5)23-34-26(2)22-39(27(3)24-40)36(42)32-21-30(37-35(41)29-12-7-6-8-13-29)16-19-33(32)46-28(4)11-9-10-20-45-34/h14-19,21,26-29,34,40H,6-13,20,22-24H2,1-5H3,(H,37,41)/t26-,27+,28+,34-/m1/s1. The number of nitrogens with one attached hydrogen (secondary N) is 1. The molecule has 4 atom stereocenters. The van der Waals surface area contributed by atoms with E-state index in [1.807, 2.05) is 20.8 Å². The van der Waals surface area contributed by atoms with E-state index in [9.17, 15) is 23.1 Å². The molecule has 2 N–H and O–H groups in total. The van der Waals surface area contributed by atoms with Crippen LogP contribution in [0.4, 0.5) is 5.69 Å². The zero-order chi connectivity index (χ0) is 34.1. The van der Waals surface area contributed by atoms with Crippen LogP contribution in [0.15, 0.2) is 47.4 Å².